The van der Waals surface area contributed by atoms with E-state index in [1.807, 2.05) is 6.26 Å². The maximum absolute atomic E-state index is 12.3. The fourth-order valence-electron chi connectivity index (χ4n) is 3.38. The molecular weight excluding hydrogens is 262 g/mol. The molecular formula is C14H23NO3S. The molecule has 1 heterocycles. The van der Waals surface area contributed by atoms with Gasteiger partial charge in [-0.3, -0.25) is 14.5 Å². The Morgan fingerprint density at radius 1 is 1.32 bits per heavy atom. The number of aliphatic hydroxyl groups is 1. The van der Waals surface area contributed by atoms with E-state index in [1.165, 1.54) is 16.7 Å². The molecule has 3 atom stereocenters. The van der Waals surface area contributed by atoms with Gasteiger partial charge in [0.1, 0.15) is 0 Å². The topological polar surface area (TPSA) is 57.6 Å². The van der Waals surface area contributed by atoms with Crippen molar-refractivity contribution in [3.63, 3.8) is 0 Å². The third kappa shape index (κ3) is 2.82. The Kier molecular flexibility index (Phi) is 4.26. The molecule has 2 rings (SSSR count). The van der Waals surface area contributed by atoms with Gasteiger partial charge in [-0.05, 0) is 31.9 Å². The minimum absolute atomic E-state index is 0.0627. The van der Waals surface area contributed by atoms with Crippen molar-refractivity contribution >= 4 is 23.6 Å². The summed E-state index contributed by atoms with van der Waals surface area (Å²) in [6.07, 6.45) is 4.63. The maximum Gasteiger partial charge on any atom is 0.233 e. The summed E-state index contributed by atoms with van der Waals surface area (Å²) in [6.45, 7) is 3.93. The molecule has 3 unspecified atom stereocenters. The third-order valence-corrected chi connectivity index (χ3v) is 5.27. The number of amides is 2. The monoisotopic (exact) mass is 285 g/mol. The van der Waals surface area contributed by atoms with E-state index in [4.69, 9.17) is 0 Å². The van der Waals surface area contributed by atoms with Gasteiger partial charge in [-0.2, -0.15) is 11.8 Å². The predicted molar refractivity (Wildman–Crippen MR) is 75.7 cm³/mol. The number of fused-ring (bicyclic) bond motifs is 1. The number of β-amino-alcohol motifs (C(OH)–C–C–N with tert-alkyl or cyclic N) is 1. The second-order valence-corrected chi connectivity index (χ2v) is 7.02. The van der Waals surface area contributed by atoms with E-state index < -0.39 is 5.60 Å². The fourth-order valence-corrected chi connectivity index (χ4v) is 4.10. The highest BCUT2D eigenvalue weighted by atomic mass is 32.2. The molecule has 1 aliphatic carbocycles. The van der Waals surface area contributed by atoms with Gasteiger partial charge in [-0.25, -0.2) is 0 Å². The second-order valence-electron chi connectivity index (χ2n) is 6.15. The van der Waals surface area contributed by atoms with E-state index in [1.54, 1.807) is 6.92 Å². The van der Waals surface area contributed by atoms with Crippen LogP contribution >= 0.6 is 11.8 Å². The number of likely N-dealkylation sites (tertiary alicyclic amines) is 1. The van der Waals surface area contributed by atoms with Gasteiger partial charge in [0.2, 0.25) is 11.8 Å². The molecule has 0 spiro atoms. The Hall–Kier alpha value is -0.550. The summed E-state index contributed by atoms with van der Waals surface area (Å²) in [6, 6.07) is 0. The molecule has 5 heteroatoms. The smallest absolute Gasteiger partial charge is 0.233 e. The molecule has 2 amide bonds. The van der Waals surface area contributed by atoms with Crippen molar-refractivity contribution < 1.29 is 14.7 Å². The van der Waals surface area contributed by atoms with Crippen LogP contribution in [0.5, 0.6) is 0 Å². The fraction of sp³-hybridized carbons (Fsp3) is 0.857. The minimum Gasteiger partial charge on any atom is -0.387 e. The van der Waals surface area contributed by atoms with Crippen LogP contribution in [-0.2, 0) is 9.59 Å². The Labute approximate surface area is 118 Å². The van der Waals surface area contributed by atoms with E-state index in [0.29, 0.717) is 11.7 Å². The van der Waals surface area contributed by atoms with Crippen LogP contribution in [0.1, 0.15) is 33.1 Å². The van der Waals surface area contributed by atoms with Gasteiger partial charge in [-0.1, -0.05) is 13.3 Å². The third-order valence-electron chi connectivity index (χ3n) is 4.36. The molecule has 0 aromatic carbocycles. The summed E-state index contributed by atoms with van der Waals surface area (Å²) in [5.74, 6) is 0.665. The van der Waals surface area contributed by atoms with Gasteiger partial charge in [-0.15, -0.1) is 0 Å². The number of hydrogen-bond donors (Lipinski definition) is 1. The van der Waals surface area contributed by atoms with Crippen molar-refractivity contribution in [1.82, 2.24) is 4.90 Å². The van der Waals surface area contributed by atoms with Crippen molar-refractivity contribution in [3.05, 3.63) is 0 Å². The second kappa shape index (κ2) is 5.44. The van der Waals surface area contributed by atoms with Crippen LogP contribution in [0.15, 0.2) is 0 Å². The molecule has 108 valence electrons. The largest absolute Gasteiger partial charge is 0.387 e. The summed E-state index contributed by atoms with van der Waals surface area (Å²) in [5, 5.41) is 10.2. The standard InChI is InChI=1S/C14H23NO3S/c1-4-9-5-10-11(6-9)13(17)15(12(10)16)7-14(2,18)8-19-3/h9-11,18H,4-8H2,1-3H3. The first-order valence-corrected chi connectivity index (χ1v) is 8.35. The summed E-state index contributed by atoms with van der Waals surface area (Å²) >= 11 is 1.52. The van der Waals surface area contributed by atoms with Crippen LogP contribution in [0.2, 0.25) is 0 Å². The first kappa shape index (κ1) is 14.9. The van der Waals surface area contributed by atoms with Gasteiger partial charge in [0, 0.05) is 5.75 Å². The van der Waals surface area contributed by atoms with Crippen LogP contribution in [-0.4, -0.2) is 46.0 Å². The summed E-state index contributed by atoms with van der Waals surface area (Å²) in [7, 11) is 0. The van der Waals surface area contributed by atoms with Crippen LogP contribution in [0, 0.1) is 17.8 Å². The molecule has 19 heavy (non-hydrogen) atoms. The Morgan fingerprint density at radius 3 is 2.26 bits per heavy atom. The molecule has 1 aliphatic heterocycles. The first-order valence-electron chi connectivity index (χ1n) is 6.96. The predicted octanol–water partition coefficient (Wildman–Crippen LogP) is 1.52. The number of rotatable bonds is 5. The molecule has 0 bridgehead atoms. The number of carbonyl (C=O) groups excluding carboxylic acids is 2. The van der Waals surface area contributed by atoms with E-state index in [0.717, 1.165) is 19.3 Å². The van der Waals surface area contributed by atoms with Gasteiger partial charge in [0.05, 0.1) is 24.0 Å². The Morgan fingerprint density at radius 2 is 1.84 bits per heavy atom. The van der Waals surface area contributed by atoms with Crippen LogP contribution in [0.4, 0.5) is 0 Å². The van der Waals surface area contributed by atoms with Gasteiger partial charge >= 0.3 is 0 Å². The number of hydrogen-bond acceptors (Lipinski definition) is 4. The number of imide groups is 1. The zero-order chi connectivity index (χ0) is 14.2. The molecule has 1 N–H and O–H groups in total. The first-order chi connectivity index (χ1) is 8.89. The lowest BCUT2D eigenvalue weighted by Gasteiger charge is -2.28. The van der Waals surface area contributed by atoms with Crippen LogP contribution in [0.3, 0.4) is 0 Å². The van der Waals surface area contributed by atoms with E-state index in [9.17, 15) is 14.7 Å². The number of nitrogens with zero attached hydrogens (tertiary/aromatic N) is 1. The number of carbonyl (C=O) groups is 2. The van der Waals surface area contributed by atoms with Crippen LogP contribution in [0.25, 0.3) is 0 Å². The van der Waals surface area contributed by atoms with Gasteiger partial charge < -0.3 is 5.11 Å². The van der Waals surface area contributed by atoms with Crippen molar-refractivity contribution in [1.29, 1.82) is 0 Å². The SMILES string of the molecule is CCC1CC2C(=O)N(CC(C)(O)CSC)C(=O)C2C1. The van der Waals surface area contributed by atoms with Gasteiger partial charge in [0.15, 0.2) is 0 Å². The number of thioether (sulfide) groups is 1. The highest BCUT2D eigenvalue weighted by molar-refractivity contribution is 7.98. The lowest BCUT2D eigenvalue weighted by molar-refractivity contribution is -0.143. The summed E-state index contributed by atoms with van der Waals surface area (Å²) in [4.78, 5) is 26.0. The summed E-state index contributed by atoms with van der Waals surface area (Å²) < 4.78 is 0. The summed E-state index contributed by atoms with van der Waals surface area (Å²) in [5.41, 5.74) is -0.993. The Bertz CT molecular complexity index is 359. The molecule has 0 radical (unpaired) electrons. The van der Waals surface area contributed by atoms with E-state index >= 15 is 0 Å². The minimum atomic E-state index is -0.993. The molecule has 2 aliphatic rings. The molecule has 0 aromatic heterocycles. The average Bonchev–Trinajstić information content (AvgIpc) is 2.85. The zero-order valence-electron chi connectivity index (χ0n) is 11.9. The highest BCUT2D eigenvalue weighted by Crippen LogP contribution is 2.44. The maximum atomic E-state index is 12.3. The lowest BCUT2D eigenvalue weighted by Crippen LogP contribution is -2.46. The molecule has 2 fully saturated rings. The average molecular weight is 285 g/mol. The zero-order valence-corrected chi connectivity index (χ0v) is 12.7. The van der Waals surface area contributed by atoms with Crippen molar-refractivity contribution in [2.75, 3.05) is 18.6 Å². The van der Waals surface area contributed by atoms with Crippen LogP contribution < -0.4 is 0 Å². The Balaban J connectivity index is 2.06. The molecule has 1 saturated heterocycles. The lowest BCUT2D eigenvalue weighted by atomic mass is 10.00. The van der Waals surface area contributed by atoms with Crippen molar-refractivity contribution in [2.45, 2.75) is 38.7 Å². The van der Waals surface area contributed by atoms with Crippen molar-refractivity contribution in [3.8, 4) is 0 Å². The van der Waals surface area contributed by atoms with Gasteiger partial charge in [0.25, 0.3) is 0 Å². The molecule has 1 saturated carbocycles. The molecule has 4 nitrogen and oxygen atoms in total. The van der Waals surface area contributed by atoms with E-state index in [-0.39, 0.29) is 30.2 Å². The van der Waals surface area contributed by atoms with Crippen molar-refractivity contribution in [2.24, 2.45) is 17.8 Å². The normalized spacial score (nSPS) is 33.7. The quantitative estimate of drug-likeness (QED) is 0.778. The highest BCUT2D eigenvalue weighted by Gasteiger charge is 2.53. The molecule has 0 aromatic rings. The van der Waals surface area contributed by atoms with E-state index in [2.05, 4.69) is 6.92 Å².